The highest BCUT2D eigenvalue weighted by Gasteiger charge is 2.23. The molecule has 0 bridgehead atoms. The Labute approximate surface area is 109 Å². The zero-order valence-corrected chi connectivity index (χ0v) is 11.5. The summed E-state index contributed by atoms with van der Waals surface area (Å²) in [6.07, 6.45) is 6.75. The minimum Gasteiger partial charge on any atom is -0.495 e. The van der Waals surface area contributed by atoms with Gasteiger partial charge in [-0.15, -0.1) is 0 Å². The highest BCUT2D eigenvalue weighted by molar-refractivity contribution is 5.41. The Morgan fingerprint density at radius 3 is 2.50 bits per heavy atom. The molecule has 0 atom stereocenters. The van der Waals surface area contributed by atoms with E-state index >= 15 is 0 Å². The Morgan fingerprint density at radius 2 is 2.00 bits per heavy atom. The van der Waals surface area contributed by atoms with E-state index in [1.54, 1.807) is 13.3 Å². The Morgan fingerprint density at radius 1 is 1.28 bits per heavy atom. The molecule has 0 amide bonds. The van der Waals surface area contributed by atoms with Crippen molar-refractivity contribution in [2.75, 3.05) is 26.1 Å². The molecular weight excluding hydrogens is 226 g/mol. The first-order chi connectivity index (χ1) is 8.74. The Hall–Kier alpha value is -1.29. The van der Waals surface area contributed by atoms with Gasteiger partial charge in [0, 0.05) is 19.1 Å². The van der Waals surface area contributed by atoms with Crippen molar-refractivity contribution in [3.05, 3.63) is 18.3 Å². The lowest BCUT2D eigenvalue weighted by Gasteiger charge is -2.35. The predicted octanol–water partition coefficient (Wildman–Crippen LogP) is 2.06. The molecular formula is C14H23N3O. The second kappa shape index (κ2) is 6.05. The fraction of sp³-hybridized carbons (Fsp3) is 0.643. The van der Waals surface area contributed by atoms with Crippen LogP contribution in [0.5, 0.6) is 5.75 Å². The Bertz CT molecular complexity index is 358. The summed E-state index contributed by atoms with van der Waals surface area (Å²) in [5.41, 5.74) is 0. The van der Waals surface area contributed by atoms with Crippen molar-refractivity contribution in [3.8, 4) is 5.75 Å². The van der Waals surface area contributed by atoms with Gasteiger partial charge in [0.1, 0.15) is 11.6 Å². The van der Waals surface area contributed by atoms with E-state index in [4.69, 9.17) is 4.74 Å². The number of aromatic nitrogens is 1. The van der Waals surface area contributed by atoms with Gasteiger partial charge in [0.05, 0.1) is 13.3 Å². The monoisotopic (exact) mass is 249 g/mol. The number of hydrogen-bond acceptors (Lipinski definition) is 4. The average molecular weight is 249 g/mol. The van der Waals surface area contributed by atoms with E-state index < -0.39 is 0 Å². The van der Waals surface area contributed by atoms with Gasteiger partial charge in [-0.3, -0.25) is 0 Å². The largest absolute Gasteiger partial charge is 0.495 e. The molecule has 1 fully saturated rings. The predicted molar refractivity (Wildman–Crippen MR) is 74.3 cm³/mol. The van der Waals surface area contributed by atoms with Crippen LogP contribution in [0.3, 0.4) is 0 Å². The quantitative estimate of drug-likeness (QED) is 0.886. The molecule has 1 aliphatic rings. The smallest absolute Gasteiger partial charge is 0.137 e. The maximum absolute atomic E-state index is 5.13. The molecule has 4 nitrogen and oxygen atoms in total. The first kappa shape index (κ1) is 13.1. The molecule has 1 N–H and O–H groups in total. The highest BCUT2D eigenvalue weighted by atomic mass is 16.5. The molecule has 0 unspecified atom stereocenters. The molecule has 0 aliphatic heterocycles. The second-order valence-electron chi connectivity index (χ2n) is 4.96. The van der Waals surface area contributed by atoms with E-state index in [1.165, 1.54) is 25.7 Å². The van der Waals surface area contributed by atoms with Gasteiger partial charge in [-0.05, 0) is 44.9 Å². The van der Waals surface area contributed by atoms with Crippen LogP contribution >= 0.6 is 0 Å². The van der Waals surface area contributed by atoms with Crippen molar-refractivity contribution < 1.29 is 4.74 Å². The van der Waals surface area contributed by atoms with E-state index in [2.05, 4.69) is 29.3 Å². The number of hydrogen-bond donors (Lipinski definition) is 1. The lowest BCUT2D eigenvalue weighted by atomic mass is 9.90. The maximum Gasteiger partial charge on any atom is 0.137 e. The number of methoxy groups -OCH3 is 1. The zero-order chi connectivity index (χ0) is 13.0. The van der Waals surface area contributed by atoms with Gasteiger partial charge in [0.25, 0.3) is 0 Å². The summed E-state index contributed by atoms with van der Waals surface area (Å²) >= 11 is 0. The van der Waals surface area contributed by atoms with Gasteiger partial charge < -0.3 is 15.0 Å². The van der Waals surface area contributed by atoms with Crippen LogP contribution in [0, 0.1) is 0 Å². The molecule has 1 saturated carbocycles. The summed E-state index contributed by atoms with van der Waals surface area (Å²) in [7, 11) is 5.86. The van der Waals surface area contributed by atoms with Crippen LogP contribution in [0.25, 0.3) is 0 Å². The summed E-state index contributed by atoms with van der Waals surface area (Å²) in [4.78, 5) is 6.75. The van der Waals surface area contributed by atoms with Crippen molar-refractivity contribution in [2.45, 2.75) is 37.8 Å². The van der Waals surface area contributed by atoms with Gasteiger partial charge in [0.2, 0.25) is 0 Å². The average Bonchev–Trinajstić information content (AvgIpc) is 2.47. The topological polar surface area (TPSA) is 37.4 Å². The van der Waals surface area contributed by atoms with Crippen LogP contribution in [0.15, 0.2) is 18.3 Å². The third-order valence-corrected chi connectivity index (χ3v) is 3.97. The van der Waals surface area contributed by atoms with Gasteiger partial charge in [-0.1, -0.05) is 0 Å². The standard InChI is InChI=1S/C14H23N3O/c1-15-11-4-6-12(7-5-11)17(2)14-9-8-13(18-3)10-16-14/h8-12,15H,4-7H2,1-3H3. The van der Waals surface area contributed by atoms with Crippen LogP contribution in [-0.4, -0.2) is 38.3 Å². The van der Waals surface area contributed by atoms with Crippen LogP contribution in [-0.2, 0) is 0 Å². The third kappa shape index (κ3) is 2.93. The molecule has 0 aromatic carbocycles. The van der Waals surface area contributed by atoms with Crippen molar-refractivity contribution in [1.82, 2.24) is 10.3 Å². The zero-order valence-electron chi connectivity index (χ0n) is 11.5. The SMILES string of the molecule is CNC1CCC(N(C)c2ccc(OC)cn2)CC1. The summed E-state index contributed by atoms with van der Waals surface area (Å²) in [6.45, 7) is 0. The number of nitrogens with one attached hydrogen (secondary N) is 1. The first-order valence-electron chi connectivity index (χ1n) is 6.64. The molecule has 1 heterocycles. The highest BCUT2D eigenvalue weighted by Crippen LogP contribution is 2.25. The van der Waals surface area contributed by atoms with Gasteiger partial charge in [0.15, 0.2) is 0 Å². The minimum absolute atomic E-state index is 0.607. The van der Waals surface area contributed by atoms with Gasteiger partial charge in [-0.2, -0.15) is 0 Å². The second-order valence-corrected chi connectivity index (χ2v) is 4.96. The minimum atomic E-state index is 0.607. The summed E-state index contributed by atoms with van der Waals surface area (Å²) in [5, 5.41) is 3.37. The fourth-order valence-electron chi connectivity index (χ4n) is 2.64. The molecule has 100 valence electrons. The van der Waals surface area contributed by atoms with Crippen molar-refractivity contribution in [3.63, 3.8) is 0 Å². The maximum atomic E-state index is 5.13. The number of rotatable bonds is 4. The van der Waals surface area contributed by atoms with E-state index in [9.17, 15) is 0 Å². The van der Waals surface area contributed by atoms with Crippen LogP contribution in [0.1, 0.15) is 25.7 Å². The van der Waals surface area contributed by atoms with Crippen molar-refractivity contribution >= 4 is 5.82 Å². The summed E-state index contributed by atoms with van der Waals surface area (Å²) < 4.78 is 5.13. The normalized spacial score (nSPS) is 23.7. The fourth-order valence-corrected chi connectivity index (χ4v) is 2.64. The molecule has 2 rings (SSSR count). The van der Waals surface area contributed by atoms with E-state index in [0.717, 1.165) is 11.6 Å². The number of nitrogens with zero attached hydrogens (tertiary/aromatic N) is 2. The first-order valence-corrected chi connectivity index (χ1v) is 6.64. The van der Waals surface area contributed by atoms with E-state index in [1.807, 2.05) is 12.1 Å². The molecule has 1 aromatic heterocycles. The van der Waals surface area contributed by atoms with Crippen LogP contribution in [0.2, 0.25) is 0 Å². The molecule has 4 heteroatoms. The van der Waals surface area contributed by atoms with Crippen LogP contribution in [0.4, 0.5) is 5.82 Å². The molecule has 0 spiro atoms. The van der Waals surface area contributed by atoms with Crippen molar-refractivity contribution in [2.24, 2.45) is 0 Å². The molecule has 0 radical (unpaired) electrons. The molecule has 1 aliphatic carbocycles. The number of anilines is 1. The number of ether oxygens (including phenoxy) is 1. The summed E-state index contributed by atoms with van der Waals surface area (Å²) in [6, 6.07) is 5.30. The Kier molecular flexibility index (Phi) is 4.42. The van der Waals surface area contributed by atoms with Gasteiger partial charge >= 0.3 is 0 Å². The lowest BCUT2D eigenvalue weighted by molar-refractivity contribution is 0.350. The van der Waals surface area contributed by atoms with Gasteiger partial charge in [-0.25, -0.2) is 4.98 Å². The Balaban J connectivity index is 1.96. The van der Waals surface area contributed by atoms with E-state index in [-0.39, 0.29) is 0 Å². The molecule has 1 aromatic rings. The third-order valence-electron chi connectivity index (χ3n) is 3.97. The summed E-state index contributed by atoms with van der Waals surface area (Å²) in [5.74, 6) is 1.84. The number of pyridine rings is 1. The van der Waals surface area contributed by atoms with Crippen molar-refractivity contribution in [1.29, 1.82) is 0 Å². The lowest BCUT2D eigenvalue weighted by Crippen LogP contribution is -2.40. The molecule has 0 saturated heterocycles. The van der Waals surface area contributed by atoms with Crippen LogP contribution < -0.4 is 15.0 Å². The molecule has 18 heavy (non-hydrogen) atoms. The van der Waals surface area contributed by atoms with E-state index in [0.29, 0.717) is 12.1 Å².